The first kappa shape index (κ1) is 33.6. The summed E-state index contributed by atoms with van der Waals surface area (Å²) in [7, 11) is -2.93. The van der Waals surface area contributed by atoms with Gasteiger partial charge >= 0.3 is 6.09 Å². The van der Waals surface area contributed by atoms with Crippen LogP contribution in [0.1, 0.15) is 63.0 Å². The molecule has 0 aliphatic carbocycles. The van der Waals surface area contributed by atoms with Crippen LogP contribution in [0.5, 0.6) is 0 Å². The highest BCUT2D eigenvalue weighted by Gasteiger charge is 2.41. The fourth-order valence-corrected chi connectivity index (χ4v) is 9.21. The lowest BCUT2D eigenvalue weighted by molar-refractivity contribution is -0.120. The van der Waals surface area contributed by atoms with Crippen molar-refractivity contribution in [1.29, 1.82) is 0 Å². The number of piperazine rings is 1. The highest BCUT2D eigenvalue weighted by Crippen LogP contribution is 2.49. The number of nitrogens with zero attached hydrogens (tertiary/aromatic N) is 1. The van der Waals surface area contributed by atoms with E-state index in [4.69, 9.17) is 4.74 Å². The number of fused-ring (bicyclic) bond motifs is 2. The molecule has 0 radical (unpaired) electrons. The number of ether oxygens (including phenoxy) is 1. The summed E-state index contributed by atoms with van der Waals surface area (Å²) in [6.45, 7) is 4.89. The Bertz CT molecular complexity index is 1340. The molecule has 3 aliphatic heterocycles. The van der Waals surface area contributed by atoms with E-state index in [0.29, 0.717) is 50.1 Å². The maximum absolute atomic E-state index is 15.3. The van der Waals surface area contributed by atoms with Gasteiger partial charge in [-0.1, -0.05) is 18.2 Å². The van der Waals surface area contributed by atoms with Gasteiger partial charge in [0, 0.05) is 42.3 Å². The largest absolute Gasteiger partial charge is 0.465 e. The Hall–Kier alpha value is -2.81. The number of anilines is 1. The Balaban J connectivity index is 1.40. The fraction of sp³-hybridized carbons (Fsp3) is 0.562. The number of nitrogens with one attached hydrogen (secondary N) is 3. The number of carbonyl (C=O) groups excluding carboxylic acids is 1. The van der Waals surface area contributed by atoms with Gasteiger partial charge in [-0.2, -0.15) is 0 Å². The molecule has 1 unspecified atom stereocenters. The fourth-order valence-electron chi connectivity index (χ4n) is 7.35. The van der Waals surface area contributed by atoms with E-state index in [1.54, 1.807) is 22.5 Å². The molecular formula is C32H44F2N4O6S. The minimum absolute atomic E-state index is 0.128. The van der Waals surface area contributed by atoms with Crippen LogP contribution in [0.3, 0.4) is 0 Å². The summed E-state index contributed by atoms with van der Waals surface area (Å²) in [5.74, 6) is -2.15. The molecule has 2 aromatic carbocycles. The average Bonchev–Trinajstić information content (AvgIpc) is 3.08. The predicted octanol–water partition coefficient (Wildman–Crippen LogP) is 5.56. The standard InChI is InChI=1S/C32H44F2N4O6S/c1-19-15-22(16-20(2)44-19)29(21-8-10-23(33)11-9-21)30(37-32(40)41)31(39)36-28-7-3-6-27(34)26(28)13-12-25-17-35-24-5-4-14-45(42,43)38(25)18-24/h3,6-11,19-20,22,24-25,29-30,35,37,42-43H,4-5,12-18H2,1-2H3,(H,36,39)(H,40,41)/t19-,20-,24-,25+,29+,30+/m1/s1. The molecule has 0 spiro atoms. The van der Waals surface area contributed by atoms with Crippen LogP contribution < -0.4 is 16.0 Å². The molecule has 6 N–H and O–H groups in total. The monoisotopic (exact) mass is 650 g/mol. The molecule has 248 valence electrons. The molecule has 0 saturated carbocycles. The number of hydrogen-bond donors (Lipinski definition) is 6. The summed E-state index contributed by atoms with van der Waals surface area (Å²) in [6.07, 6.45) is 1.67. The zero-order chi connectivity index (χ0) is 32.3. The third-order valence-corrected chi connectivity index (χ3v) is 11.4. The Morgan fingerprint density at radius 2 is 1.82 bits per heavy atom. The maximum Gasteiger partial charge on any atom is 0.405 e. The Morgan fingerprint density at radius 1 is 1.11 bits per heavy atom. The van der Waals surface area contributed by atoms with E-state index in [1.807, 2.05) is 13.8 Å². The first-order chi connectivity index (χ1) is 21.4. The minimum Gasteiger partial charge on any atom is -0.465 e. The number of amides is 2. The molecule has 3 heterocycles. The van der Waals surface area contributed by atoms with Crippen molar-refractivity contribution in [1.82, 2.24) is 14.9 Å². The zero-order valence-corrected chi connectivity index (χ0v) is 26.4. The van der Waals surface area contributed by atoms with Gasteiger partial charge in [0.05, 0.1) is 18.0 Å². The molecule has 2 aromatic rings. The molecule has 3 aliphatic rings. The second kappa shape index (κ2) is 14.3. The van der Waals surface area contributed by atoms with Crippen molar-refractivity contribution in [2.45, 2.75) is 88.6 Å². The van der Waals surface area contributed by atoms with Crippen LogP contribution in [0.15, 0.2) is 42.5 Å². The second-order valence-electron chi connectivity index (χ2n) is 12.6. The number of rotatable bonds is 9. The third-order valence-electron chi connectivity index (χ3n) is 9.32. The first-order valence-electron chi connectivity index (χ1n) is 15.7. The van der Waals surface area contributed by atoms with E-state index in [2.05, 4.69) is 16.0 Å². The van der Waals surface area contributed by atoms with E-state index in [9.17, 15) is 28.2 Å². The summed E-state index contributed by atoms with van der Waals surface area (Å²) in [5.41, 5.74) is 1.07. The zero-order valence-electron chi connectivity index (χ0n) is 25.6. The van der Waals surface area contributed by atoms with Crippen LogP contribution in [-0.4, -0.2) is 79.7 Å². The molecule has 7 atom stereocenters. The van der Waals surface area contributed by atoms with Gasteiger partial charge in [0.2, 0.25) is 5.91 Å². The van der Waals surface area contributed by atoms with Crippen LogP contribution in [0.4, 0.5) is 19.3 Å². The molecule has 10 nitrogen and oxygen atoms in total. The molecule has 0 aromatic heterocycles. The van der Waals surface area contributed by atoms with Crippen molar-refractivity contribution in [3.05, 3.63) is 65.2 Å². The summed E-state index contributed by atoms with van der Waals surface area (Å²) in [4.78, 5) is 26.1. The summed E-state index contributed by atoms with van der Waals surface area (Å²) in [5, 5.41) is 18.5. The third kappa shape index (κ3) is 8.13. The second-order valence-corrected chi connectivity index (χ2v) is 14.8. The number of carboxylic acid groups (broad SMARTS) is 1. The van der Waals surface area contributed by atoms with Crippen molar-refractivity contribution >= 4 is 28.5 Å². The predicted molar refractivity (Wildman–Crippen MR) is 169 cm³/mol. The molecular weight excluding hydrogens is 606 g/mol. The molecule has 2 amide bonds. The van der Waals surface area contributed by atoms with Gasteiger partial charge in [0.15, 0.2) is 0 Å². The van der Waals surface area contributed by atoms with E-state index in [0.717, 1.165) is 6.42 Å². The lowest BCUT2D eigenvalue weighted by atomic mass is 9.74. The van der Waals surface area contributed by atoms with Gasteiger partial charge in [0.1, 0.15) is 17.7 Å². The quantitative estimate of drug-likeness (QED) is 0.207. The molecule has 45 heavy (non-hydrogen) atoms. The van der Waals surface area contributed by atoms with Crippen molar-refractivity contribution in [2.24, 2.45) is 5.92 Å². The van der Waals surface area contributed by atoms with Crippen LogP contribution in [-0.2, 0) is 16.0 Å². The Labute approximate surface area is 264 Å². The highest BCUT2D eigenvalue weighted by atomic mass is 32.3. The lowest BCUT2D eigenvalue weighted by Gasteiger charge is -2.49. The summed E-state index contributed by atoms with van der Waals surface area (Å²) in [6, 6.07) is 8.74. The normalized spacial score (nSPS) is 29.9. The number of hydrogen-bond acceptors (Lipinski definition) is 7. The van der Waals surface area contributed by atoms with Gasteiger partial charge < -0.3 is 25.8 Å². The Kier molecular flexibility index (Phi) is 10.7. The number of carbonyl (C=O) groups is 2. The molecule has 2 bridgehead atoms. The van der Waals surface area contributed by atoms with Crippen molar-refractivity contribution in [3.63, 3.8) is 0 Å². The van der Waals surface area contributed by atoms with E-state index in [-0.39, 0.29) is 47.9 Å². The SMILES string of the molecule is C[C@@H]1CC([C@H](c2ccc(F)cc2)[C@H](NC(=O)O)C(=O)Nc2cccc(F)c2CC[C@H]2CN[C@@H]3CCCS(O)(O)N2C3)C[C@@H](C)O1. The van der Waals surface area contributed by atoms with Crippen molar-refractivity contribution in [2.75, 3.05) is 24.2 Å². The van der Waals surface area contributed by atoms with E-state index < -0.39 is 46.4 Å². The van der Waals surface area contributed by atoms with Gasteiger partial charge in [-0.05, 0) is 88.1 Å². The Morgan fingerprint density at radius 3 is 2.51 bits per heavy atom. The van der Waals surface area contributed by atoms with Crippen molar-refractivity contribution < 1.29 is 37.3 Å². The van der Waals surface area contributed by atoms with Crippen molar-refractivity contribution in [3.8, 4) is 0 Å². The van der Waals surface area contributed by atoms with E-state index >= 15 is 4.39 Å². The molecule has 13 heteroatoms. The van der Waals surface area contributed by atoms with Gasteiger partial charge in [0.25, 0.3) is 0 Å². The maximum atomic E-state index is 15.3. The summed E-state index contributed by atoms with van der Waals surface area (Å²) < 4.78 is 58.6. The minimum atomic E-state index is -2.93. The van der Waals surface area contributed by atoms with Crippen LogP contribution in [0.25, 0.3) is 0 Å². The van der Waals surface area contributed by atoms with Crippen LogP contribution in [0.2, 0.25) is 0 Å². The van der Waals surface area contributed by atoms with Crippen LogP contribution >= 0.6 is 10.8 Å². The molecule has 5 rings (SSSR count). The lowest BCUT2D eigenvalue weighted by Crippen LogP contribution is -2.55. The first-order valence-corrected chi connectivity index (χ1v) is 17.3. The summed E-state index contributed by atoms with van der Waals surface area (Å²) >= 11 is 0. The van der Waals surface area contributed by atoms with Gasteiger partial charge in [-0.25, -0.2) is 17.9 Å². The molecule has 3 fully saturated rings. The van der Waals surface area contributed by atoms with Gasteiger partial charge in [-0.3, -0.25) is 13.9 Å². The average molecular weight is 651 g/mol. The van der Waals surface area contributed by atoms with E-state index in [1.165, 1.54) is 24.3 Å². The topological polar surface area (TPSA) is 143 Å². The highest BCUT2D eigenvalue weighted by molar-refractivity contribution is 8.22. The van der Waals surface area contributed by atoms with Gasteiger partial charge in [-0.15, -0.1) is 10.8 Å². The number of halogens is 2. The van der Waals surface area contributed by atoms with Crippen LogP contribution in [0, 0.1) is 17.6 Å². The smallest absolute Gasteiger partial charge is 0.405 e. The number of benzene rings is 2. The molecule has 3 saturated heterocycles.